The van der Waals surface area contributed by atoms with Crippen molar-refractivity contribution in [3.05, 3.63) is 52.1 Å². The second-order valence-corrected chi connectivity index (χ2v) is 17.9. The van der Waals surface area contributed by atoms with Crippen LogP contribution in [0.25, 0.3) is 5.57 Å². The summed E-state index contributed by atoms with van der Waals surface area (Å²) >= 11 is 0. The van der Waals surface area contributed by atoms with E-state index >= 15 is 0 Å². The first kappa shape index (κ1) is 29.8. The van der Waals surface area contributed by atoms with Crippen LogP contribution in [0.5, 0.6) is 0 Å². The van der Waals surface area contributed by atoms with Crippen LogP contribution in [0.4, 0.5) is 0 Å². The molecule has 1 nitrogen and oxygen atoms in total. The van der Waals surface area contributed by atoms with Crippen LogP contribution in [0.1, 0.15) is 171 Å². The van der Waals surface area contributed by atoms with E-state index in [1.807, 2.05) is 0 Å². The molecule has 8 rings (SSSR count). The number of carbonyl (C=O) groups excluding carboxylic acids is 1. The molecule has 0 aliphatic heterocycles. The summed E-state index contributed by atoms with van der Waals surface area (Å²) in [5, 5.41) is 0. The summed E-state index contributed by atoms with van der Waals surface area (Å²) in [6.45, 7) is 7.17. The molecule has 0 aromatic heterocycles. The summed E-state index contributed by atoms with van der Waals surface area (Å²) in [6, 6.07) is 5.51. The zero-order valence-electron chi connectivity index (χ0n) is 28.4. The SMILES string of the molecule is CCC1=CC=C(c2cc(C3CC3)c(CC3CCC(CC4CCC(C)(C(=O)C5CC5)CC4)CC4CC4C3)cc2C2(C)CC2)CC1. The van der Waals surface area contributed by atoms with Crippen molar-refractivity contribution in [3.8, 4) is 0 Å². The number of allylic oxidation sites excluding steroid dienone is 4. The first-order valence-corrected chi connectivity index (χ1v) is 19.4. The van der Waals surface area contributed by atoms with Gasteiger partial charge in [0.25, 0.3) is 0 Å². The monoisotopic (exact) mass is 592 g/mol. The summed E-state index contributed by atoms with van der Waals surface area (Å²) in [5.41, 5.74) is 10.5. The number of Topliss-reactive ketones (excluding diaryl/α,β-unsaturated/α-hetero) is 1. The number of hydrogen-bond acceptors (Lipinski definition) is 1. The molecular formula is C43H60O. The van der Waals surface area contributed by atoms with Crippen molar-refractivity contribution >= 4 is 11.4 Å². The van der Waals surface area contributed by atoms with Crippen LogP contribution >= 0.6 is 0 Å². The van der Waals surface area contributed by atoms with E-state index in [0.29, 0.717) is 17.1 Å². The predicted octanol–water partition coefficient (Wildman–Crippen LogP) is 11.7. The molecule has 7 aliphatic rings. The number of rotatable bonds is 10. The molecule has 6 saturated carbocycles. The number of fused-ring (bicyclic) bond motifs is 1. The molecule has 1 aromatic rings. The number of carbonyl (C=O) groups is 1. The van der Waals surface area contributed by atoms with Gasteiger partial charge >= 0.3 is 0 Å². The molecule has 0 saturated heterocycles. The van der Waals surface area contributed by atoms with Gasteiger partial charge in [-0.15, -0.1) is 0 Å². The van der Waals surface area contributed by atoms with Crippen LogP contribution in [0.15, 0.2) is 29.9 Å². The fraction of sp³-hybridized carbons (Fsp3) is 0.744. The lowest BCUT2D eigenvalue weighted by molar-refractivity contribution is -0.131. The Morgan fingerprint density at radius 1 is 0.773 bits per heavy atom. The highest BCUT2D eigenvalue weighted by molar-refractivity contribution is 5.88. The maximum absolute atomic E-state index is 13.0. The summed E-state index contributed by atoms with van der Waals surface area (Å²) in [6.07, 6.45) is 31.7. The molecular weight excluding hydrogens is 532 g/mol. The van der Waals surface area contributed by atoms with E-state index in [0.717, 1.165) is 35.5 Å². The lowest BCUT2D eigenvalue weighted by Crippen LogP contribution is -2.34. The van der Waals surface area contributed by atoms with Gasteiger partial charge in [0.1, 0.15) is 5.78 Å². The zero-order valence-corrected chi connectivity index (χ0v) is 28.4. The Kier molecular flexibility index (Phi) is 7.82. The minimum atomic E-state index is 0.0131. The molecule has 1 aromatic carbocycles. The molecule has 0 bridgehead atoms. The normalized spacial score (nSPS) is 36.4. The van der Waals surface area contributed by atoms with Crippen molar-refractivity contribution in [3.63, 3.8) is 0 Å². The second kappa shape index (κ2) is 11.6. The Morgan fingerprint density at radius 3 is 2.14 bits per heavy atom. The fourth-order valence-electron chi connectivity index (χ4n) is 10.3. The van der Waals surface area contributed by atoms with E-state index < -0.39 is 0 Å². The van der Waals surface area contributed by atoms with Gasteiger partial charge in [-0.05, 0) is 191 Å². The summed E-state index contributed by atoms with van der Waals surface area (Å²) < 4.78 is 0. The van der Waals surface area contributed by atoms with Crippen molar-refractivity contribution in [2.24, 2.45) is 40.9 Å². The van der Waals surface area contributed by atoms with Crippen molar-refractivity contribution < 1.29 is 4.79 Å². The molecule has 0 heterocycles. The summed E-state index contributed by atoms with van der Waals surface area (Å²) in [5.74, 6) is 6.63. The van der Waals surface area contributed by atoms with Gasteiger partial charge in [-0.2, -0.15) is 0 Å². The summed E-state index contributed by atoms with van der Waals surface area (Å²) in [4.78, 5) is 13.0. The minimum Gasteiger partial charge on any atom is -0.299 e. The third-order valence-corrected chi connectivity index (χ3v) is 14.2. The molecule has 1 heteroatoms. The maximum Gasteiger partial charge on any atom is 0.141 e. The average molecular weight is 593 g/mol. The standard InChI is InChI=1S/C43H60O/c1-4-28-7-9-33(10-8-28)39-27-38(32-11-12-32)37(26-40(39)42(2)19-20-42)24-31-6-5-30(22-35-25-36(35)23-31)21-29-15-17-43(3,18-16-29)41(44)34-13-14-34/h7,9,26-27,29-32,34-36H,4-6,8,10-25H2,1-3H3. The van der Waals surface area contributed by atoms with Crippen LogP contribution in [-0.2, 0) is 16.6 Å². The smallest absolute Gasteiger partial charge is 0.141 e. The third kappa shape index (κ3) is 6.21. The van der Waals surface area contributed by atoms with Gasteiger partial charge in [0.2, 0.25) is 0 Å². The van der Waals surface area contributed by atoms with Gasteiger partial charge in [0.05, 0.1) is 0 Å². The van der Waals surface area contributed by atoms with Crippen molar-refractivity contribution in [2.75, 3.05) is 0 Å². The van der Waals surface area contributed by atoms with E-state index in [1.165, 1.54) is 128 Å². The molecule has 4 atom stereocenters. The highest BCUT2D eigenvalue weighted by Crippen LogP contribution is 2.55. The summed E-state index contributed by atoms with van der Waals surface area (Å²) in [7, 11) is 0. The zero-order chi connectivity index (χ0) is 30.1. The van der Waals surface area contributed by atoms with Gasteiger partial charge in [0, 0.05) is 11.3 Å². The molecule has 238 valence electrons. The molecule has 0 radical (unpaired) electrons. The maximum atomic E-state index is 13.0. The van der Waals surface area contributed by atoms with Crippen LogP contribution < -0.4 is 0 Å². The van der Waals surface area contributed by atoms with Crippen molar-refractivity contribution in [1.82, 2.24) is 0 Å². The molecule has 0 spiro atoms. The highest BCUT2D eigenvalue weighted by atomic mass is 16.1. The Morgan fingerprint density at radius 2 is 1.50 bits per heavy atom. The predicted molar refractivity (Wildman–Crippen MR) is 184 cm³/mol. The van der Waals surface area contributed by atoms with Gasteiger partial charge < -0.3 is 0 Å². The number of ketones is 1. The molecule has 4 unspecified atom stereocenters. The first-order valence-electron chi connectivity index (χ1n) is 19.4. The molecule has 0 N–H and O–H groups in total. The number of benzene rings is 1. The average Bonchev–Trinajstić information content (AvgIpc) is 3.83. The molecule has 0 amide bonds. The van der Waals surface area contributed by atoms with Gasteiger partial charge in [0.15, 0.2) is 0 Å². The second-order valence-electron chi connectivity index (χ2n) is 17.9. The third-order valence-electron chi connectivity index (χ3n) is 14.2. The van der Waals surface area contributed by atoms with Crippen molar-refractivity contribution in [2.45, 2.75) is 161 Å². The van der Waals surface area contributed by atoms with E-state index in [1.54, 1.807) is 33.4 Å². The molecule has 6 fully saturated rings. The quantitative estimate of drug-likeness (QED) is 0.264. The van der Waals surface area contributed by atoms with Crippen LogP contribution in [0.2, 0.25) is 0 Å². The Hall–Kier alpha value is -1.63. The lowest BCUT2D eigenvalue weighted by atomic mass is 9.66. The van der Waals surface area contributed by atoms with E-state index in [2.05, 4.69) is 45.1 Å². The Bertz CT molecular complexity index is 1320. The van der Waals surface area contributed by atoms with Crippen LogP contribution in [-0.4, -0.2) is 5.78 Å². The topological polar surface area (TPSA) is 17.1 Å². The van der Waals surface area contributed by atoms with Gasteiger partial charge in [-0.1, -0.05) is 57.0 Å². The van der Waals surface area contributed by atoms with E-state index in [-0.39, 0.29) is 5.41 Å². The van der Waals surface area contributed by atoms with Gasteiger partial charge in [-0.25, -0.2) is 0 Å². The highest BCUT2D eigenvalue weighted by Gasteiger charge is 2.46. The van der Waals surface area contributed by atoms with E-state index in [9.17, 15) is 4.79 Å². The first-order chi connectivity index (χ1) is 21.3. The molecule has 44 heavy (non-hydrogen) atoms. The van der Waals surface area contributed by atoms with Crippen LogP contribution in [0.3, 0.4) is 0 Å². The van der Waals surface area contributed by atoms with Crippen molar-refractivity contribution in [1.29, 1.82) is 0 Å². The largest absolute Gasteiger partial charge is 0.299 e. The van der Waals surface area contributed by atoms with Crippen LogP contribution in [0, 0.1) is 40.9 Å². The Balaban J connectivity index is 0.968. The van der Waals surface area contributed by atoms with Gasteiger partial charge in [-0.3, -0.25) is 4.79 Å². The number of hydrogen-bond donors (Lipinski definition) is 0. The minimum absolute atomic E-state index is 0.0131. The fourth-order valence-corrected chi connectivity index (χ4v) is 10.3. The van der Waals surface area contributed by atoms with E-state index in [4.69, 9.17) is 0 Å². The lowest BCUT2D eigenvalue weighted by Gasteiger charge is -2.38. The Labute approximate surface area is 269 Å². The molecule has 7 aliphatic carbocycles.